The molecule has 4 heteroatoms. The Hall–Kier alpha value is -1.86. The number of hydrogen-bond donors (Lipinski definition) is 1. The van der Waals surface area contributed by atoms with Gasteiger partial charge in [0.2, 0.25) is 0 Å². The fourth-order valence-corrected chi connectivity index (χ4v) is 2.27. The zero-order chi connectivity index (χ0) is 14.5. The number of rotatable bonds is 2. The van der Waals surface area contributed by atoms with E-state index in [0.29, 0.717) is 17.9 Å². The smallest absolute Gasteiger partial charge is 0.253 e. The number of nitrogens with zero attached hydrogens (tertiary/aromatic N) is 1. The van der Waals surface area contributed by atoms with E-state index in [1.165, 1.54) is 12.1 Å². The standard InChI is InChI=1S/C16H18FNO2/c1-12-7-8-18(11-12)16(20)14-6-5-13(15(17)10-14)4-2-3-9-19/h5-6,10,12,19H,3,7-9,11H2,1H3. The van der Waals surface area contributed by atoms with Crippen LogP contribution in [0.15, 0.2) is 18.2 Å². The van der Waals surface area contributed by atoms with E-state index in [4.69, 9.17) is 5.11 Å². The van der Waals surface area contributed by atoms with Gasteiger partial charge < -0.3 is 10.0 Å². The van der Waals surface area contributed by atoms with Crippen LogP contribution in [0.3, 0.4) is 0 Å². The summed E-state index contributed by atoms with van der Waals surface area (Å²) in [4.78, 5) is 14.0. The zero-order valence-corrected chi connectivity index (χ0v) is 11.5. The van der Waals surface area contributed by atoms with E-state index in [0.717, 1.165) is 19.5 Å². The first-order valence-corrected chi connectivity index (χ1v) is 6.80. The third-order valence-electron chi connectivity index (χ3n) is 3.39. The molecule has 1 amide bonds. The maximum Gasteiger partial charge on any atom is 0.253 e. The molecule has 1 aromatic rings. The molecule has 0 radical (unpaired) electrons. The lowest BCUT2D eigenvalue weighted by Gasteiger charge is -2.16. The van der Waals surface area contributed by atoms with Crippen molar-refractivity contribution < 1.29 is 14.3 Å². The van der Waals surface area contributed by atoms with Crippen molar-refractivity contribution in [3.8, 4) is 11.8 Å². The molecule has 1 aromatic carbocycles. The van der Waals surface area contributed by atoms with Crippen LogP contribution in [0.1, 0.15) is 35.7 Å². The molecular weight excluding hydrogens is 257 g/mol. The van der Waals surface area contributed by atoms with E-state index in [9.17, 15) is 9.18 Å². The number of aliphatic hydroxyl groups excluding tert-OH is 1. The van der Waals surface area contributed by atoms with Gasteiger partial charge in [0.25, 0.3) is 5.91 Å². The highest BCUT2D eigenvalue weighted by molar-refractivity contribution is 5.94. The Morgan fingerprint density at radius 2 is 2.35 bits per heavy atom. The molecule has 1 fully saturated rings. The fourth-order valence-electron chi connectivity index (χ4n) is 2.27. The molecule has 2 rings (SSSR count). The second-order valence-electron chi connectivity index (χ2n) is 5.12. The molecule has 106 valence electrons. The number of amides is 1. The summed E-state index contributed by atoms with van der Waals surface area (Å²) in [5, 5.41) is 8.63. The number of benzene rings is 1. The van der Waals surface area contributed by atoms with Crippen molar-refractivity contribution >= 4 is 5.91 Å². The highest BCUT2D eigenvalue weighted by atomic mass is 19.1. The Morgan fingerprint density at radius 1 is 1.55 bits per heavy atom. The second kappa shape index (κ2) is 6.53. The quantitative estimate of drug-likeness (QED) is 0.839. The van der Waals surface area contributed by atoms with Crippen LogP contribution in [-0.2, 0) is 0 Å². The van der Waals surface area contributed by atoms with Gasteiger partial charge in [0.15, 0.2) is 0 Å². The van der Waals surface area contributed by atoms with Crippen LogP contribution in [0.4, 0.5) is 4.39 Å². The lowest BCUT2D eigenvalue weighted by molar-refractivity contribution is 0.0787. The number of aliphatic hydroxyl groups is 1. The first-order chi connectivity index (χ1) is 9.61. The summed E-state index contributed by atoms with van der Waals surface area (Å²) in [5.41, 5.74) is 0.620. The normalized spacial score (nSPS) is 17.8. The summed E-state index contributed by atoms with van der Waals surface area (Å²) < 4.78 is 13.9. The first kappa shape index (κ1) is 14.5. The fraction of sp³-hybridized carbons (Fsp3) is 0.438. The van der Waals surface area contributed by atoms with Gasteiger partial charge in [-0.1, -0.05) is 18.8 Å². The molecule has 1 N–H and O–H groups in total. The molecule has 0 bridgehead atoms. The van der Waals surface area contributed by atoms with Gasteiger partial charge in [-0.25, -0.2) is 4.39 Å². The summed E-state index contributed by atoms with van der Waals surface area (Å²) >= 11 is 0. The third kappa shape index (κ3) is 3.37. The molecule has 1 atom stereocenters. The first-order valence-electron chi connectivity index (χ1n) is 6.80. The molecule has 0 saturated carbocycles. The van der Waals surface area contributed by atoms with Crippen molar-refractivity contribution in [2.24, 2.45) is 5.92 Å². The molecule has 0 aromatic heterocycles. The minimum absolute atomic E-state index is 0.0433. The van der Waals surface area contributed by atoms with E-state index >= 15 is 0 Å². The van der Waals surface area contributed by atoms with Crippen molar-refractivity contribution in [3.05, 3.63) is 35.1 Å². The van der Waals surface area contributed by atoms with E-state index in [1.807, 2.05) is 0 Å². The second-order valence-corrected chi connectivity index (χ2v) is 5.12. The average molecular weight is 275 g/mol. The van der Waals surface area contributed by atoms with Crippen LogP contribution in [0, 0.1) is 23.6 Å². The molecule has 1 heterocycles. The van der Waals surface area contributed by atoms with Crippen LogP contribution in [0.5, 0.6) is 0 Å². The number of carbonyl (C=O) groups excluding carboxylic acids is 1. The molecule has 0 spiro atoms. The summed E-state index contributed by atoms with van der Waals surface area (Å²) in [7, 11) is 0. The minimum Gasteiger partial charge on any atom is -0.395 e. The topological polar surface area (TPSA) is 40.5 Å². The van der Waals surface area contributed by atoms with Crippen LogP contribution < -0.4 is 0 Å². The molecule has 0 aliphatic carbocycles. The molecule has 1 saturated heterocycles. The summed E-state index contributed by atoms with van der Waals surface area (Å²) in [6, 6.07) is 4.37. The van der Waals surface area contributed by atoms with Gasteiger partial charge in [0.1, 0.15) is 5.82 Å². The zero-order valence-electron chi connectivity index (χ0n) is 11.5. The molecule has 1 aliphatic rings. The highest BCUT2D eigenvalue weighted by Crippen LogP contribution is 2.19. The molecule has 1 aliphatic heterocycles. The van der Waals surface area contributed by atoms with Gasteiger partial charge in [-0.2, -0.15) is 0 Å². The maximum atomic E-state index is 13.9. The Labute approximate surface area is 118 Å². The summed E-state index contributed by atoms with van der Waals surface area (Å²) in [6.45, 7) is 3.53. The van der Waals surface area contributed by atoms with Crippen molar-refractivity contribution in [1.29, 1.82) is 0 Å². The van der Waals surface area contributed by atoms with Crippen molar-refractivity contribution in [2.45, 2.75) is 19.8 Å². The molecular formula is C16H18FNO2. The Kier molecular flexibility index (Phi) is 4.75. The SMILES string of the molecule is CC1CCN(C(=O)c2ccc(C#CCCO)c(F)c2)C1. The average Bonchev–Trinajstić information content (AvgIpc) is 2.86. The van der Waals surface area contributed by atoms with Crippen LogP contribution in [0.25, 0.3) is 0 Å². The highest BCUT2D eigenvalue weighted by Gasteiger charge is 2.24. The van der Waals surface area contributed by atoms with Crippen molar-refractivity contribution in [1.82, 2.24) is 4.90 Å². The van der Waals surface area contributed by atoms with Gasteiger partial charge in [0, 0.05) is 25.1 Å². The third-order valence-corrected chi connectivity index (χ3v) is 3.39. The van der Waals surface area contributed by atoms with Gasteiger partial charge in [-0.05, 0) is 30.5 Å². The van der Waals surface area contributed by atoms with E-state index in [-0.39, 0.29) is 18.1 Å². The van der Waals surface area contributed by atoms with Gasteiger partial charge in [-0.3, -0.25) is 4.79 Å². The van der Waals surface area contributed by atoms with Crippen LogP contribution in [-0.4, -0.2) is 35.6 Å². The monoisotopic (exact) mass is 275 g/mol. The molecule has 3 nitrogen and oxygen atoms in total. The Bertz CT molecular complexity index is 559. The lowest BCUT2D eigenvalue weighted by Crippen LogP contribution is -2.28. The predicted octanol–water partition coefficient (Wildman–Crippen LogP) is 2.04. The lowest BCUT2D eigenvalue weighted by atomic mass is 10.1. The largest absolute Gasteiger partial charge is 0.395 e. The van der Waals surface area contributed by atoms with Crippen LogP contribution in [0.2, 0.25) is 0 Å². The van der Waals surface area contributed by atoms with E-state index < -0.39 is 5.82 Å². The van der Waals surface area contributed by atoms with Gasteiger partial charge in [-0.15, -0.1) is 0 Å². The Morgan fingerprint density at radius 3 is 2.95 bits per heavy atom. The number of halogens is 1. The summed E-state index contributed by atoms with van der Waals surface area (Å²) in [5.74, 6) is 5.21. The van der Waals surface area contributed by atoms with E-state index in [1.54, 1.807) is 11.0 Å². The summed E-state index contributed by atoms with van der Waals surface area (Å²) in [6.07, 6.45) is 1.31. The van der Waals surface area contributed by atoms with Crippen molar-refractivity contribution in [2.75, 3.05) is 19.7 Å². The number of likely N-dealkylation sites (tertiary alicyclic amines) is 1. The van der Waals surface area contributed by atoms with Gasteiger partial charge in [0.05, 0.1) is 12.2 Å². The predicted molar refractivity (Wildman–Crippen MR) is 74.7 cm³/mol. The molecule has 1 unspecified atom stereocenters. The number of carbonyl (C=O) groups is 1. The van der Waals surface area contributed by atoms with Crippen molar-refractivity contribution in [3.63, 3.8) is 0 Å². The van der Waals surface area contributed by atoms with Crippen LogP contribution >= 0.6 is 0 Å². The minimum atomic E-state index is -0.492. The molecule has 20 heavy (non-hydrogen) atoms. The van der Waals surface area contributed by atoms with Gasteiger partial charge >= 0.3 is 0 Å². The Balaban J connectivity index is 2.13. The number of hydrogen-bond acceptors (Lipinski definition) is 2. The van der Waals surface area contributed by atoms with E-state index in [2.05, 4.69) is 18.8 Å². The maximum absolute atomic E-state index is 13.9.